The number of nitrogens with one attached hydrogen (secondary N) is 3. The topological polar surface area (TPSA) is 95.1 Å². The fourth-order valence-electron chi connectivity index (χ4n) is 3.89. The molecule has 2 atom stereocenters. The smallest absolute Gasteiger partial charge is 0.243 e. The minimum absolute atomic E-state index is 0.0391. The molecule has 182 valence electrons. The molecule has 0 fully saturated rings. The van der Waals surface area contributed by atoms with Gasteiger partial charge in [0.15, 0.2) is 0 Å². The first-order chi connectivity index (χ1) is 16.7. The van der Waals surface area contributed by atoms with Gasteiger partial charge >= 0.3 is 0 Å². The average Bonchev–Trinajstić information content (AvgIpc) is 3.49. The van der Waals surface area contributed by atoms with Crippen molar-refractivity contribution in [3.8, 4) is 0 Å². The molecule has 2 aromatic rings. The van der Waals surface area contributed by atoms with Crippen LogP contribution in [0.25, 0.3) is 0 Å². The van der Waals surface area contributed by atoms with E-state index in [0.29, 0.717) is 32.8 Å². The molecule has 2 unspecified atom stereocenters. The van der Waals surface area contributed by atoms with Crippen molar-refractivity contribution in [2.24, 2.45) is 5.10 Å². The zero-order valence-electron chi connectivity index (χ0n) is 17.7. The molecule has 0 saturated carbocycles. The van der Waals surface area contributed by atoms with Gasteiger partial charge in [-0.05, 0) is 47.5 Å². The quantitative estimate of drug-likeness (QED) is 0.408. The Kier molecular flexibility index (Phi) is 6.75. The highest BCUT2D eigenvalue weighted by molar-refractivity contribution is 7.93. The Morgan fingerprint density at radius 2 is 1.80 bits per heavy atom. The van der Waals surface area contributed by atoms with Gasteiger partial charge in [-0.15, -0.1) is 0 Å². The molecule has 13 heteroatoms. The molecular weight excluding hydrogens is 556 g/mol. The summed E-state index contributed by atoms with van der Waals surface area (Å²) >= 11 is 24.7. The van der Waals surface area contributed by atoms with Gasteiger partial charge in [-0.1, -0.05) is 64.6 Å². The number of hydrogen-bond donors (Lipinski definition) is 3. The summed E-state index contributed by atoms with van der Waals surface area (Å²) < 4.78 is 29.9. The van der Waals surface area contributed by atoms with Crippen molar-refractivity contribution in [3.05, 3.63) is 103 Å². The third-order valence-electron chi connectivity index (χ3n) is 5.60. The summed E-state index contributed by atoms with van der Waals surface area (Å²) in [6.07, 6.45) is 4.65. The van der Waals surface area contributed by atoms with E-state index in [1.165, 1.54) is 23.4 Å². The standard InChI is InChI=1S/C22H17Cl4N5O3S/c23-13-3-1-12(2-4-13)17-10-18(29-28-17)22(15-6-5-14(24)9-16(15)25)30-35(32,33)20-7-8-21(26)31-19(20)11-27-34-31/h1-9,11,17,22,27-28,30H,10H2. The molecule has 0 amide bonds. The van der Waals surface area contributed by atoms with Crippen molar-refractivity contribution in [1.29, 1.82) is 0 Å². The molecule has 35 heavy (non-hydrogen) atoms. The second kappa shape index (κ2) is 9.67. The molecule has 0 saturated heterocycles. The highest BCUT2D eigenvalue weighted by Crippen LogP contribution is 2.36. The summed E-state index contributed by atoms with van der Waals surface area (Å²) in [5.41, 5.74) is 7.84. The fourth-order valence-corrected chi connectivity index (χ4v) is 6.09. The molecule has 3 aliphatic rings. The number of fused-ring (bicyclic) bond motifs is 1. The Bertz CT molecular complexity index is 1410. The predicted molar refractivity (Wildman–Crippen MR) is 137 cm³/mol. The molecule has 0 aliphatic carbocycles. The van der Waals surface area contributed by atoms with Crippen molar-refractivity contribution in [2.75, 3.05) is 0 Å². The number of sulfonamides is 1. The molecular formula is C22H17Cl4N5O3S. The molecule has 5 rings (SSSR count). The van der Waals surface area contributed by atoms with Gasteiger partial charge in [-0.2, -0.15) is 19.8 Å². The van der Waals surface area contributed by atoms with Crippen LogP contribution >= 0.6 is 46.4 Å². The molecule has 3 aliphatic heterocycles. The lowest BCUT2D eigenvalue weighted by Gasteiger charge is -2.25. The summed E-state index contributed by atoms with van der Waals surface area (Å²) in [6.45, 7) is 0. The lowest BCUT2D eigenvalue weighted by molar-refractivity contribution is -0.117. The van der Waals surface area contributed by atoms with Crippen LogP contribution in [0.3, 0.4) is 0 Å². The number of hydrazone groups is 1. The van der Waals surface area contributed by atoms with Crippen molar-refractivity contribution in [2.45, 2.75) is 18.5 Å². The van der Waals surface area contributed by atoms with Gasteiger partial charge < -0.3 is 5.43 Å². The highest BCUT2D eigenvalue weighted by Gasteiger charge is 2.37. The van der Waals surface area contributed by atoms with Crippen molar-refractivity contribution < 1.29 is 13.4 Å². The van der Waals surface area contributed by atoms with E-state index in [-0.39, 0.29) is 21.8 Å². The molecule has 3 heterocycles. The summed E-state index contributed by atoms with van der Waals surface area (Å²) in [7, 11) is -4.10. The van der Waals surface area contributed by atoms with Crippen LogP contribution in [-0.2, 0) is 15.0 Å². The first-order valence-corrected chi connectivity index (χ1v) is 13.3. The summed E-state index contributed by atoms with van der Waals surface area (Å²) in [5.74, 6) is 0. The minimum atomic E-state index is -4.10. The second-order valence-corrected chi connectivity index (χ2v) is 11.2. The Labute approximate surface area is 221 Å². The van der Waals surface area contributed by atoms with Crippen LogP contribution in [0.1, 0.15) is 29.6 Å². The van der Waals surface area contributed by atoms with E-state index in [0.717, 1.165) is 5.56 Å². The molecule has 2 aromatic carbocycles. The third kappa shape index (κ3) is 4.90. The molecule has 3 N–H and O–H groups in total. The van der Waals surface area contributed by atoms with Gasteiger partial charge in [0, 0.05) is 21.5 Å². The average molecular weight is 573 g/mol. The van der Waals surface area contributed by atoms with Crippen LogP contribution in [0.2, 0.25) is 15.1 Å². The van der Waals surface area contributed by atoms with Gasteiger partial charge in [-0.25, -0.2) is 13.9 Å². The van der Waals surface area contributed by atoms with Crippen molar-refractivity contribution in [1.82, 2.24) is 20.7 Å². The van der Waals surface area contributed by atoms with E-state index in [4.69, 9.17) is 51.3 Å². The maximum Gasteiger partial charge on any atom is 0.243 e. The van der Waals surface area contributed by atoms with Crippen LogP contribution in [0, 0.1) is 0 Å². The van der Waals surface area contributed by atoms with E-state index in [1.54, 1.807) is 30.3 Å². The number of rotatable bonds is 6. The van der Waals surface area contributed by atoms with E-state index >= 15 is 0 Å². The third-order valence-corrected chi connectivity index (χ3v) is 8.16. The molecule has 0 spiro atoms. The van der Waals surface area contributed by atoms with Crippen LogP contribution < -0.4 is 15.6 Å². The zero-order chi connectivity index (χ0) is 24.7. The summed E-state index contributed by atoms with van der Waals surface area (Å²) in [5, 5.41) is 7.19. The molecule has 0 aromatic heterocycles. The Balaban J connectivity index is 1.49. The van der Waals surface area contributed by atoms with E-state index in [1.807, 2.05) is 12.1 Å². The number of halogens is 4. The van der Waals surface area contributed by atoms with E-state index in [9.17, 15) is 8.42 Å². The lowest BCUT2D eigenvalue weighted by atomic mass is 9.96. The number of allylic oxidation sites excluding steroid dienone is 2. The van der Waals surface area contributed by atoms with Gasteiger partial charge in [0.1, 0.15) is 15.8 Å². The second-order valence-electron chi connectivity index (χ2n) is 7.81. The first kappa shape index (κ1) is 24.5. The fraction of sp³-hybridized carbons (Fsp3) is 0.136. The normalized spacial score (nSPS) is 20.2. The molecule has 0 radical (unpaired) electrons. The van der Waals surface area contributed by atoms with Gasteiger partial charge in [-0.3, -0.25) is 0 Å². The Morgan fingerprint density at radius 3 is 2.54 bits per heavy atom. The van der Waals surface area contributed by atoms with Crippen LogP contribution in [0.5, 0.6) is 0 Å². The number of hydroxylamine groups is 3. The van der Waals surface area contributed by atoms with E-state index < -0.39 is 16.1 Å². The lowest BCUT2D eigenvalue weighted by Crippen LogP contribution is -2.36. The summed E-state index contributed by atoms with van der Waals surface area (Å²) in [6, 6.07) is 11.2. The number of nitrogens with zero attached hydrogens (tertiary/aromatic N) is 2. The largest absolute Gasteiger partial charge is 0.302 e. The van der Waals surface area contributed by atoms with E-state index in [2.05, 4.69) is 20.7 Å². The van der Waals surface area contributed by atoms with Crippen molar-refractivity contribution >= 4 is 62.1 Å². The Hall–Kier alpha value is -2.24. The SMILES string of the molecule is O=S(=O)(NC(C1=NNC(c2ccc(Cl)cc2)C1)c1ccc(Cl)cc1Cl)C1=CC=C(Cl)N2ONC=C12. The van der Waals surface area contributed by atoms with Crippen LogP contribution in [-0.4, -0.2) is 19.2 Å². The Morgan fingerprint density at radius 1 is 1.06 bits per heavy atom. The van der Waals surface area contributed by atoms with Gasteiger partial charge in [0.2, 0.25) is 10.0 Å². The molecule has 8 nitrogen and oxygen atoms in total. The monoisotopic (exact) mass is 571 g/mol. The molecule has 0 bridgehead atoms. The minimum Gasteiger partial charge on any atom is -0.302 e. The highest BCUT2D eigenvalue weighted by atomic mass is 35.5. The van der Waals surface area contributed by atoms with Gasteiger partial charge in [0.05, 0.1) is 24.0 Å². The maximum atomic E-state index is 13.6. The van der Waals surface area contributed by atoms with Gasteiger partial charge in [0.25, 0.3) is 0 Å². The maximum absolute atomic E-state index is 13.6. The number of benzene rings is 2. The van der Waals surface area contributed by atoms with Crippen LogP contribution in [0.15, 0.2) is 81.7 Å². The predicted octanol–water partition coefficient (Wildman–Crippen LogP) is 5.27. The number of hydrogen-bond acceptors (Lipinski definition) is 7. The van der Waals surface area contributed by atoms with Crippen LogP contribution in [0.4, 0.5) is 0 Å². The summed E-state index contributed by atoms with van der Waals surface area (Å²) in [4.78, 5) is 5.13. The first-order valence-electron chi connectivity index (χ1n) is 10.3. The van der Waals surface area contributed by atoms with Crippen molar-refractivity contribution in [3.63, 3.8) is 0 Å². The zero-order valence-corrected chi connectivity index (χ0v) is 21.5.